The minimum atomic E-state index is -0.194. The van der Waals surface area contributed by atoms with Crippen LogP contribution in [0.4, 0.5) is 5.69 Å². The number of carbonyl (C=O) groups excluding carboxylic acids is 1. The zero-order chi connectivity index (χ0) is 16.9. The Kier molecular flexibility index (Phi) is 4.75. The molecule has 3 aromatic rings. The Labute approximate surface area is 142 Å². The smallest absolute Gasteiger partial charge is 0.244 e. The highest BCUT2D eigenvalue weighted by Gasteiger charge is 2.10. The lowest BCUT2D eigenvalue weighted by Crippen LogP contribution is -2.20. The lowest BCUT2D eigenvalue weighted by molar-refractivity contribution is -0.116. The second kappa shape index (κ2) is 7.13. The molecule has 0 aliphatic carbocycles. The van der Waals surface area contributed by atoms with Gasteiger partial charge in [0.2, 0.25) is 5.91 Å². The van der Waals surface area contributed by atoms with Crippen molar-refractivity contribution in [2.45, 2.75) is 26.3 Å². The molecule has 0 saturated heterocycles. The van der Waals surface area contributed by atoms with Gasteiger partial charge >= 0.3 is 0 Å². The third-order valence-corrected chi connectivity index (χ3v) is 3.61. The molecule has 0 bridgehead atoms. The second-order valence-electron chi connectivity index (χ2n) is 5.07. The number of hydrogen-bond donors (Lipinski definition) is 2. The number of pyridine rings is 1. The maximum Gasteiger partial charge on any atom is 0.244 e. The van der Waals surface area contributed by atoms with E-state index in [1.165, 1.54) is 11.0 Å². The molecule has 3 heterocycles. The quantitative estimate of drug-likeness (QED) is 0.657. The number of anilines is 1. The van der Waals surface area contributed by atoms with E-state index in [1.54, 1.807) is 29.2 Å². The van der Waals surface area contributed by atoms with Crippen molar-refractivity contribution in [3.63, 3.8) is 0 Å². The van der Waals surface area contributed by atoms with Crippen LogP contribution in [0.5, 0.6) is 0 Å². The van der Waals surface area contributed by atoms with Crippen molar-refractivity contribution < 1.29 is 4.79 Å². The number of aromatic amines is 1. The van der Waals surface area contributed by atoms with Gasteiger partial charge in [-0.05, 0) is 30.8 Å². The van der Waals surface area contributed by atoms with E-state index in [0.717, 1.165) is 18.7 Å². The van der Waals surface area contributed by atoms with Gasteiger partial charge in [-0.25, -0.2) is 14.6 Å². The van der Waals surface area contributed by atoms with Gasteiger partial charge in [-0.1, -0.05) is 6.92 Å². The molecule has 0 aliphatic rings. The van der Waals surface area contributed by atoms with Crippen LogP contribution in [0.3, 0.4) is 0 Å². The lowest BCUT2D eigenvalue weighted by Gasteiger charge is -2.08. The third kappa shape index (κ3) is 3.54. The summed E-state index contributed by atoms with van der Waals surface area (Å²) in [6, 6.07) is 3.50. The summed E-state index contributed by atoms with van der Waals surface area (Å²) in [6.45, 7) is 2.15. The first-order valence-corrected chi connectivity index (χ1v) is 7.83. The van der Waals surface area contributed by atoms with Crippen LogP contribution < -0.4 is 5.32 Å². The van der Waals surface area contributed by atoms with Crippen molar-refractivity contribution in [1.29, 1.82) is 0 Å². The van der Waals surface area contributed by atoms with E-state index in [2.05, 4.69) is 30.6 Å². The lowest BCUT2D eigenvalue weighted by atomic mass is 10.3. The van der Waals surface area contributed by atoms with Crippen molar-refractivity contribution in [3.8, 4) is 5.82 Å². The molecule has 3 rings (SSSR count). The first-order chi connectivity index (χ1) is 11.7. The second-order valence-corrected chi connectivity index (χ2v) is 5.46. The molecule has 10 heteroatoms. The molecule has 0 aliphatic heterocycles. The van der Waals surface area contributed by atoms with Crippen LogP contribution in [0.25, 0.3) is 5.82 Å². The van der Waals surface area contributed by atoms with E-state index in [-0.39, 0.29) is 12.5 Å². The number of nitrogens with zero attached hydrogens (tertiary/aromatic N) is 6. The number of rotatable bonds is 6. The van der Waals surface area contributed by atoms with Crippen molar-refractivity contribution in [2.24, 2.45) is 0 Å². The summed E-state index contributed by atoms with van der Waals surface area (Å²) in [7, 11) is 0. The molecule has 0 aromatic carbocycles. The summed E-state index contributed by atoms with van der Waals surface area (Å²) in [4.78, 5) is 20.3. The van der Waals surface area contributed by atoms with Crippen LogP contribution in [0.1, 0.15) is 19.2 Å². The average Bonchev–Trinajstić information content (AvgIpc) is 3.21. The predicted molar refractivity (Wildman–Crippen MR) is 89.2 cm³/mol. The molecular formula is C14H16N8OS. The Morgan fingerprint density at radius 3 is 2.96 bits per heavy atom. The Morgan fingerprint density at radius 2 is 2.29 bits per heavy atom. The zero-order valence-electron chi connectivity index (χ0n) is 13.0. The molecule has 3 aromatic heterocycles. The van der Waals surface area contributed by atoms with Gasteiger partial charge in [0.1, 0.15) is 25.0 Å². The Hall–Kier alpha value is -2.88. The van der Waals surface area contributed by atoms with Gasteiger partial charge in [0, 0.05) is 6.42 Å². The Morgan fingerprint density at radius 1 is 1.42 bits per heavy atom. The predicted octanol–water partition coefficient (Wildman–Crippen LogP) is 1.51. The van der Waals surface area contributed by atoms with Gasteiger partial charge < -0.3 is 5.32 Å². The molecule has 9 nitrogen and oxygen atoms in total. The van der Waals surface area contributed by atoms with E-state index >= 15 is 0 Å². The fourth-order valence-corrected chi connectivity index (χ4v) is 2.41. The largest absolute Gasteiger partial charge is 0.323 e. The summed E-state index contributed by atoms with van der Waals surface area (Å²) in [5, 5.41) is 13.7. The molecule has 0 saturated carbocycles. The van der Waals surface area contributed by atoms with Crippen LogP contribution in [-0.4, -0.2) is 40.4 Å². The summed E-state index contributed by atoms with van der Waals surface area (Å²) in [6.07, 6.45) is 6.23. The van der Waals surface area contributed by atoms with Crippen LogP contribution in [0, 0.1) is 4.77 Å². The molecular weight excluding hydrogens is 328 g/mol. The van der Waals surface area contributed by atoms with E-state index < -0.39 is 0 Å². The Balaban J connectivity index is 1.67. The van der Waals surface area contributed by atoms with Gasteiger partial charge in [0.15, 0.2) is 10.6 Å². The van der Waals surface area contributed by atoms with Crippen LogP contribution in [-0.2, 0) is 17.8 Å². The zero-order valence-corrected chi connectivity index (χ0v) is 13.8. The molecule has 24 heavy (non-hydrogen) atoms. The fraction of sp³-hybridized carbons (Fsp3) is 0.286. The van der Waals surface area contributed by atoms with Gasteiger partial charge in [-0.15, -0.1) is 0 Å². The maximum atomic E-state index is 12.2. The number of carbonyl (C=O) groups is 1. The summed E-state index contributed by atoms with van der Waals surface area (Å²) < 4.78 is 3.67. The van der Waals surface area contributed by atoms with Crippen molar-refractivity contribution in [3.05, 3.63) is 41.6 Å². The molecule has 1 amide bonds. The number of hydrogen-bond acceptors (Lipinski definition) is 6. The van der Waals surface area contributed by atoms with Gasteiger partial charge in [-0.3, -0.25) is 14.5 Å². The molecule has 2 N–H and O–H groups in total. The molecule has 0 atom stereocenters. The topological polar surface area (TPSA) is 106 Å². The molecule has 0 unspecified atom stereocenters. The minimum absolute atomic E-state index is 0.107. The van der Waals surface area contributed by atoms with E-state index in [1.807, 2.05) is 6.92 Å². The van der Waals surface area contributed by atoms with Crippen molar-refractivity contribution >= 4 is 23.8 Å². The summed E-state index contributed by atoms with van der Waals surface area (Å²) >= 11 is 5.17. The van der Waals surface area contributed by atoms with Gasteiger partial charge in [0.05, 0.1) is 11.9 Å². The first-order valence-electron chi connectivity index (χ1n) is 7.42. The highest BCUT2D eigenvalue weighted by Crippen LogP contribution is 2.09. The van der Waals surface area contributed by atoms with E-state index in [4.69, 9.17) is 12.2 Å². The average molecular weight is 344 g/mol. The summed E-state index contributed by atoms with van der Waals surface area (Å²) in [5.74, 6) is 1.20. The van der Waals surface area contributed by atoms with Gasteiger partial charge in [0.25, 0.3) is 0 Å². The number of aromatic nitrogens is 7. The number of nitrogens with one attached hydrogen (secondary N) is 2. The van der Waals surface area contributed by atoms with Crippen molar-refractivity contribution in [1.82, 2.24) is 34.5 Å². The number of amides is 1. The number of aryl methyl sites for hydroxylation is 1. The van der Waals surface area contributed by atoms with Crippen LogP contribution in [0.2, 0.25) is 0 Å². The minimum Gasteiger partial charge on any atom is -0.323 e. The van der Waals surface area contributed by atoms with Gasteiger partial charge in [-0.2, -0.15) is 10.2 Å². The normalized spacial score (nSPS) is 10.7. The number of H-pyrrole nitrogens is 1. The highest BCUT2D eigenvalue weighted by atomic mass is 32.1. The standard InChI is InChI=1S/C14H16N8OS/c1-2-3-12-19-20-14(24)21(12)7-13(23)18-10-4-5-11(16-6-10)22-9-15-8-17-22/h4-6,8-9H,2-3,7H2,1H3,(H,18,23)(H,20,24). The maximum absolute atomic E-state index is 12.2. The SMILES string of the molecule is CCCc1n[nH]c(=S)n1CC(=O)Nc1ccc(-n2cncn2)nc1. The van der Waals surface area contributed by atoms with E-state index in [9.17, 15) is 4.79 Å². The molecule has 0 fully saturated rings. The molecule has 0 radical (unpaired) electrons. The Bertz CT molecular complexity index is 865. The highest BCUT2D eigenvalue weighted by molar-refractivity contribution is 7.71. The van der Waals surface area contributed by atoms with Crippen molar-refractivity contribution in [2.75, 3.05) is 5.32 Å². The molecule has 124 valence electrons. The summed E-state index contributed by atoms with van der Waals surface area (Å²) in [5.41, 5.74) is 0.593. The van der Waals surface area contributed by atoms with E-state index in [0.29, 0.717) is 16.3 Å². The van der Waals surface area contributed by atoms with Crippen LogP contribution >= 0.6 is 12.2 Å². The monoisotopic (exact) mass is 344 g/mol. The third-order valence-electron chi connectivity index (χ3n) is 3.30. The molecule has 0 spiro atoms. The first kappa shape index (κ1) is 16.0. The van der Waals surface area contributed by atoms with Crippen LogP contribution in [0.15, 0.2) is 31.0 Å². The fourth-order valence-electron chi connectivity index (χ4n) is 2.19.